The summed E-state index contributed by atoms with van der Waals surface area (Å²) in [5.74, 6) is -0.243. The maximum Gasteiger partial charge on any atom is 0.303 e. The van der Waals surface area contributed by atoms with Crippen LogP contribution in [0.1, 0.15) is 30.4 Å². The van der Waals surface area contributed by atoms with E-state index in [1.54, 1.807) is 6.26 Å². The number of ether oxygens (including phenoxy) is 1. The van der Waals surface area contributed by atoms with Gasteiger partial charge in [0.15, 0.2) is 0 Å². The van der Waals surface area contributed by atoms with Crippen molar-refractivity contribution in [2.45, 2.75) is 38.0 Å². The molecule has 0 fully saturated rings. The highest BCUT2D eigenvalue weighted by atomic mass is 32.1. The van der Waals surface area contributed by atoms with Crippen molar-refractivity contribution in [1.82, 2.24) is 4.98 Å². The van der Waals surface area contributed by atoms with Gasteiger partial charge in [-0.3, -0.25) is 4.79 Å². The maximum absolute atomic E-state index is 10.7. The van der Waals surface area contributed by atoms with E-state index in [-0.39, 0.29) is 6.42 Å². The van der Waals surface area contributed by atoms with Gasteiger partial charge in [0.1, 0.15) is 0 Å². The van der Waals surface area contributed by atoms with Crippen LogP contribution in [0.5, 0.6) is 5.88 Å². The molecule has 5 heteroatoms. The molecule has 4 nitrogen and oxygen atoms in total. The lowest BCUT2D eigenvalue weighted by atomic mass is 9.99. The van der Waals surface area contributed by atoms with E-state index in [0.717, 1.165) is 38.4 Å². The van der Waals surface area contributed by atoms with Crippen LogP contribution in [0.15, 0.2) is 70.9 Å². The molecule has 0 spiro atoms. The fraction of sp³-hybridized carbons (Fsp3) is 0.217. The number of rotatable bonds is 6. The van der Waals surface area contributed by atoms with E-state index in [1.165, 1.54) is 0 Å². The first-order valence-electron chi connectivity index (χ1n) is 9.14. The minimum absolute atomic E-state index is 0.148. The Hall–Kier alpha value is -2.79. The first-order valence-corrected chi connectivity index (χ1v) is 9.59. The number of benzene rings is 1. The van der Waals surface area contributed by atoms with E-state index < -0.39 is 5.97 Å². The van der Waals surface area contributed by atoms with Crippen LogP contribution < -0.4 is 4.74 Å². The molecule has 0 saturated carbocycles. The number of nitrogens with zero attached hydrogens (tertiary/aromatic N) is 1. The SMILES string of the molecule is Cc1cc(S)cc(C)c1-c1cccc(OC=C2C=CC(CCC(=O)O)=CC2)n1. The predicted molar refractivity (Wildman–Crippen MR) is 114 cm³/mol. The zero-order valence-electron chi connectivity index (χ0n) is 16.0. The van der Waals surface area contributed by atoms with Crippen molar-refractivity contribution in [3.05, 3.63) is 77.1 Å². The highest BCUT2D eigenvalue weighted by molar-refractivity contribution is 7.80. The van der Waals surface area contributed by atoms with Gasteiger partial charge in [-0.1, -0.05) is 29.9 Å². The highest BCUT2D eigenvalue weighted by Gasteiger charge is 2.10. The van der Waals surface area contributed by atoms with Crippen LogP contribution in [-0.2, 0) is 4.79 Å². The molecular weight excluding hydrogens is 370 g/mol. The zero-order valence-corrected chi connectivity index (χ0v) is 16.9. The van der Waals surface area contributed by atoms with Crippen molar-refractivity contribution in [2.24, 2.45) is 0 Å². The van der Waals surface area contributed by atoms with E-state index in [0.29, 0.717) is 18.7 Å². The first kappa shape index (κ1) is 20.0. The van der Waals surface area contributed by atoms with Gasteiger partial charge in [-0.05, 0) is 61.6 Å². The Bertz CT molecular complexity index is 966. The molecule has 0 radical (unpaired) electrons. The summed E-state index contributed by atoms with van der Waals surface area (Å²) in [5.41, 5.74) is 6.27. The second kappa shape index (κ2) is 8.93. The van der Waals surface area contributed by atoms with Gasteiger partial charge < -0.3 is 9.84 Å². The summed E-state index contributed by atoms with van der Waals surface area (Å²) in [6, 6.07) is 9.81. The third kappa shape index (κ3) is 5.14. The molecule has 3 rings (SSSR count). The average Bonchev–Trinajstić information content (AvgIpc) is 2.65. The molecule has 0 atom stereocenters. The third-order valence-corrected chi connectivity index (χ3v) is 4.83. The van der Waals surface area contributed by atoms with Crippen molar-refractivity contribution in [1.29, 1.82) is 0 Å². The Morgan fingerprint density at radius 3 is 2.64 bits per heavy atom. The fourth-order valence-corrected chi connectivity index (χ4v) is 3.61. The Labute approximate surface area is 170 Å². The Morgan fingerprint density at radius 2 is 2.00 bits per heavy atom. The van der Waals surface area contributed by atoms with Crippen molar-refractivity contribution in [3.8, 4) is 17.1 Å². The first-order chi connectivity index (χ1) is 13.4. The number of carboxylic acids is 1. The normalized spacial score (nSPS) is 14.8. The average molecular weight is 394 g/mol. The number of hydrogen-bond acceptors (Lipinski definition) is 4. The number of thiol groups is 1. The molecule has 2 aromatic rings. The van der Waals surface area contributed by atoms with E-state index in [2.05, 4.69) is 31.5 Å². The largest absolute Gasteiger partial charge is 0.481 e. The number of allylic oxidation sites excluding steroid dienone is 5. The molecule has 1 aliphatic carbocycles. The molecule has 144 valence electrons. The second-order valence-corrected chi connectivity index (χ2v) is 7.35. The van der Waals surface area contributed by atoms with Crippen LogP contribution in [0, 0.1) is 13.8 Å². The molecule has 0 unspecified atom stereocenters. The number of aromatic nitrogens is 1. The van der Waals surface area contributed by atoms with Crippen molar-refractivity contribution in [3.63, 3.8) is 0 Å². The lowest BCUT2D eigenvalue weighted by Gasteiger charge is -2.12. The monoisotopic (exact) mass is 393 g/mol. The van der Waals surface area contributed by atoms with Crippen molar-refractivity contribution < 1.29 is 14.6 Å². The van der Waals surface area contributed by atoms with Gasteiger partial charge in [0, 0.05) is 22.9 Å². The molecular formula is C23H23NO3S. The highest BCUT2D eigenvalue weighted by Crippen LogP contribution is 2.29. The number of pyridine rings is 1. The number of aliphatic carboxylic acids is 1. The van der Waals surface area contributed by atoms with Gasteiger partial charge in [-0.15, -0.1) is 12.6 Å². The molecule has 28 heavy (non-hydrogen) atoms. The summed E-state index contributed by atoms with van der Waals surface area (Å²) in [7, 11) is 0. The van der Waals surface area contributed by atoms with Crippen molar-refractivity contribution >= 4 is 18.6 Å². The number of hydrogen-bond donors (Lipinski definition) is 2. The van der Waals surface area contributed by atoms with Crippen LogP contribution in [0.25, 0.3) is 11.3 Å². The van der Waals surface area contributed by atoms with Gasteiger partial charge in [0.25, 0.3) is 0 Å². The van der Waals surface area contributed by atoms with Gasteiger partial charge in [-0.25, -0.2) is 4.98 Å². The predicted octanol–water partition coefficient (Wildman–Crippen LogP) is 5.67. The molecule has 0 bridgehead atoms. The Morgan fingerprint density at radius 1 is 1.25 bits per heavy atom. The molecule has 1 aromatic heterocycles. The molecule has 1 heterocycles. The summed E-state index contributed by atoms with van der Waals surface area (Å²) < 4.78 is 5.78. The Kier molecular flexibility index (Phi) is 6.37. The van der Waals surface area contributed by atoms with E-state index in [1.807, 2.05) is 48.6 Å². The van der Waals surface area contributed by atoms with Crippen LogP contribution in [-0.4, -0.2) is 16.1 Å². The smallest absolute Gasteiger partial charge is 0.303 e. The van der Waals surface area contributed by atoms with Crippen molar-refractivity contribution in [2.75, 3.05) is 0 Å². The fourth-order valence-electron chi connectivity index (χ4n) is 3.22. The zero-order chi connectivity index (χ0) is 20.1. The molecule has 1 aliphatic rings. The van der Waals surface area contributed by atoms with Gasteiger partial charge in [-0.2, -0.15) is 0 Å². The maximum atomic E-state index is 10.7. The minimum atomic E-state index is -0.778. The third-order valence-electron chi connectivity index (χ3n) is 4.57. The molecule has 0 saturated heterocycles. The quantitative estimate of drug-likeness (QED) is 0.490. The lowest BCUT2D eigenvalue weighted by molar-refractivity contribution is -0.136. The molecule has 0 amide bonds. The summed E-state index contributed by atoms with van der Waals surface area (Å²) in [6.07, 6.45) is 9.05. The standard InChI is InChI=1S/C23H23NO3S/c1-15-12-19(28)13-16(2)23(15)20-4-3-5-21(24-20)27-14-18-8-6-17(7-9-18)10-11-22(25)26/h3-8,12-14,28H,9-11H2,1-2H3,(H,25,26). The number of carbonyl (C=O) groups is 1. The van der Waals surface area contributed by atoms with Gasteiger partial charge >= 0.3 is 5.97 Å². The molecule has 1 N–H and O–H groups in total. The summed E-state index contributed by atoms with van der Waals surface area (Å²) in [5, 5.41) is 8.77. The van der Waals surface area contributed by atoms with Crippen LogP contribution in [0.3, 0.4) is 0 Å². The van der Waals surface area contributed by atoms with Crippen LogP contribution in [0.4, 0.5) is 0 Å². The molecule has 1 aromatic carbocycles. The lowest BCUT2D eigenvalue weighted by Crippen LogP contribution is -1.97. The van der Waals surface area contributed by atoms with Gasteiger partial charge in [0.2, 0.25) is 5.88 Å². The van der Waals surface area contributed by atoms with E-state index >= 15 is 0 Å². The second-order valence-electron chi connectivity index (χ2n) is 6.84. The van der Waals surface area contributed by atoms with E-state index in [4.69, 9.17) is 9.84 Å². The van der Waals surface area contributed by atoms with Crippen LogP contribution >= 0.6 is 12.6 Å². The minimum Gasteiger partial charge on any atom is -0.481 e. The Balaban J connectivity index is 1.71. The number of carboxylic acid groups (broad SMARTS) is 1. The number of aryl methyl sites for hydroxylation is 2. The van der Waals surface area contributed by atoms with Crippen LogP contribution in [0.2, 0.25) is 0 Å². The van der Waals surface area contributed by atoms with E-state index in [9.17, 15) is 4.79 Å². The topological polar surface area (TPSA) is 59.4 Å². The van der Waals surface area contributed by atoms with Gasteiger partial charge in [0.05, 0.1) is 12.0 Å². The summed E-state index contributed by atoms with van der Waals surface area (Å²) in [6.45, 7) is 4.11. The summed E-state index contributed by atoms with van der Waals surface area (Å²) >= 11 is 4.43. The summed E-state index contributed by atoms with van der Waals surface area (Å²) in [4.78, 5) is 16.2. The molecule has 0 aliphatic heterocycles.